The molecule has 0 saturated carbocycles. The molecule has 0 aliphatic carbocycles. The molecule has 1 aromatic rings. The van der Waals surface area contributed by atoms with Gasteiger partial charge in [-0.2, -0.15) is 5.10 Å². The number of urea groups is 1. The largest absolute Gasteiger partial charge is 0.375 e. The number of carbonyl (C=O) groups excluding carboxylic acids is 1. The fourth-order valence-electron chi connectivity index (χ4n) is 3.74. The average molecular weight is 306 g/mol. The van der Waals surface area contributed by atoms with Crippen LogP contribution in [0.2, 0.25) is 0 Å². The molecule has 2 amide bonds. The zero-order chi connectivity index (χ0) is 15.5. The smallest absolute Gasteiger partial charge is 0.318 e. The fraction of sp³-hybridized carbons (Fsp3) is 0.750. The number of carbonyl (C=O) groups is 1. The number of nitrogens with zero attached hydrogens (tertiary/aromatic N) is 2. The molecule has 3 rings (SSSR count). The number of likely N-dealkylation sites (tertiary alicyclic amines) is 1. The number of hydrogen-bond donors (Lipinski definition) is 2. The lowest BCUT2D eigenvalue weighted by atomic mass is 9.97. The monoisotopic (exact) mass is 306 g/mol. The van der Waals surface area contributed by atoms with Gasteiger partial charge in [0.2, 0.25) is 0 Å². The van der Waals surface area contributed by atoms with Crippen LogP contribution in [0.5, 0.6) is 0 Å². The van der Waals surface area contributed by atoms with Gasteiger partial charge in [0.1, 0.15) is 0 Å². The Kier molecular flexibility index (Phi) is 4.66. The first-order valence-corrected chi connectivity index (χ1v) is 8.34. The van der Waals surface area contributed by atoms with E-state index in [1.54, 1.807) is 0 Å². The fourth-order valence-corrected chi connectivity index (χ4v) is 3.74. The molecular weight excluding hydrogens is 280 g/mol. The van der Waals surface area contributed by atoms with Crippen LogP contribution in [0.25, 0.3) is 0 Å². The lowest BCUT2D eigenvalue weighted by Gasteiger charge is -2.38. The molecule has 1 unspecified atom stereocenters. The van der Waals surface area contributed by atoms with Gasteiger partial charge in [-0.1, -0.05) is 0 Å². The Hall–Kier alpha value is -1.56. The molecule has 2 fully saturated rings. The van der Waals surface area contributed by atoms with E-state index in [1.807, 2.05) is 17.3 Å². The topological polar surface area (TPSA) is 70.2 Å². The number of rotatable bonds is 2. The normalized spacial score (nSPS) is 32.7. The van der Waals surface area contributed by atoms with Gasteiger partial charge in [0, 0.05) is 24.3 Å². The van der Waals surface area contributed by atoms with Crippen molar-refractivity contribution in [1.82, 2.24) is 20.4 Å². The Morgan fingerprint density at radius 1 is 1.36 bits per heavy atom. The summed E-state index contributed by atoms with van der Waals surface area (Å²) in [5, 5.41) is 10.1. The maximum atomic E-state index is 12.7. The molecule has 22 heavy (non-hydrogen) atoms. The lowest BCUT2D eigenvalue weighted by molar-refractivity contribution is -0.0410. The van der Waals surface area contributed by atoms with E-state index < -0.39 is 0 Å². The molecule has 0 bridgehead atoms. The summed E-state index contributed by atoms with van der Waals surface area (Å²) in [5.41, 5.74) is 1.10. The molecule has 2 N–H and O–H groups in total. The van der Waals surface area contributed by atoms with Gasteiger partial charge >= 0.3 is 6.03 Å². The number of piperidine rings is 1. The highest BCUT2D eigenvalue weighted by Gasteiger charge is 2.31. The quantitative estimate of drug-likeness (QED) is 0.882. The molecular formula is C16H26N4O2. The molecule has 6 nitrogen and oxygen atoms in total. The first-order chi connectivity index (χ1) is 10.6. The van der Waals surface area contributed by atoms with Gasteiger partial charge in [-0.25, -0.2) is 4.79 Å². The molecule has 2 aliphatic heterocycles. The highest BCUT2D eigenvalue weighted by molar-refractivity contribution is 5.75. The predicted octanol–water partition coefficient (Wildman–Crippen LogP) is 2.60. The maximum absolute atomic E-state index is 12.7. The van der Waals surface area contributed by atoms with Gasteiger partial charge < -0.3 is 15.0 Å². The summed E-state index contributed by atoms with van der Waals surface area (Å²) in [4.78, 5) is 14.7. The van der Waals surface area contributed by atoms with Crippen LogP contribution in [-0.2, 0) is 4.74 Å². The summed E-state index contributed by atoms with van der Waals surface area (Å²) in [6.45, 7) is 4.96. The van der Waals surface area contributed by atoms with Crippen LogP contribution >= 0.6 is 0 Å². The Balaban J connectivity index is 1.64. The summed E-state index contributed by atoms with van der Waals surface area (Å²) in [6, 6.07) is 0.401. The van der Waals surface area contributed by atoms with Crippen molar-refractivity contribution < 1.29 is 9.53 Å². The van der Waals surface area contributed by atoms with Crippen molar-refractivity contribution in [2.45, 2.75) is 70.2 Å². The van der Waals surface area contributed by atoms with Gasteiger partial charge in [-0.05, 0) is 46.0 Å². The molecule has 0 spiro atoms. The van der Waals surface area contributed by atoms with Crippen molar-refractivity contribution >= 4 is 6.03 Å². The van der Waals surface area contributed by atoms with Crippen LogP contribution < -0.4 is 5.32 Å². The molecule has 4 atom stereocenters. The summed E-state index contributed by atoms with van der Waals surface area (Å²) in [5.74, 6) is 0. The second-order valence-corrected chi connectivity index (χ2v) is 6.61. The Bertz CT molecular complexity index is 480. The van der Waals surface area contributed by atoms with Gasteiger partial charge in [0.05, 0.1) is 24.4 Å². The standard InChI is InChI=1S/C16H26N4O2/c1-11-7-14(8-12(2)22-11)19-16(21)20-6-4-3-5-15(20)13-9-17-18-10-13/h9-12,14-15H,3-8H2,1-2H3,(H,17,18)(H,19,21)/t11-,12+,14?,15-/m0/s1. The van der Waals surface area contributed by atoms with Gasteiger partial charge in [0.25, 0.3) is 0 Å². The number of aromatic nitrogens is 2. The van der Waals surface area contributed by atoms with Crippen molar-refractivity contribution in [2.75, 3.05) is 6.54 Å². The number of H-pyrrole nitrogens is 1. The minimum absolute atomic E-state index is 0.0530. The van der Waals surface area contributed by atoms with Gasteiger partial charge in [-0.15, -0.1) is 0 Å². The first kappa shape index (κ1) is 15.3. The van der Waals surface area contributed by atoms with E-state index in [2.05, 4.69) is 29.4 Å². The first-order valence-electron chi connectivity index (χ1n) is 8.34. The lowest BCUT2D eigenvalue weighted by Crippen LogP contribution is -2.51. The number of amides is 2. The van der Waals surface area contributed by atoms with E-state index in [4.69, 9.17) is 4.74 Å². The Morgan fingerprint density at radius 3 is 2.82 bits per heavy atom. The third-order valence-corrected chi connectivity index (χ3v) is 4.69. The van der Waals surface area contributed by atoms with Crippen LogP contribution in [0.1, 0.15) is 57.6 Å². The van der Waals surface area contributed by atoms with Crippen molar-refractivity contribution in [2.24, 2.45) is 0 Å². The zero-order valence-electron chi connectivity index (χ0n) is 13.4. The average Bonchev–Trinajstić information content (AvgIpc) is 3.00. The van der Waals surface area contributed by atoms with E-state index in [0.717, 1.165) is 44.2 Å². The van der Waals surface area contributed by atoms with Crippen molar-refractivity contribution in [3.8, 4) is 0 Å². The number of aromatic amines is 1. The van der Waals surface area contributed by atoms with E-state index >= 15 is 0 Å². The molecule has 0 radical (unpaired) electrons. The maximum Gasteiger partial charge on any atom is 0.318 e. The minimum Gasteiger partial charge on any atom is -0.375 e. The minimum atomic E-state index is 0.0530. The van der Waals surface area contributed by atoms with Crippen molar-refractivity contribution in [3.05, 3.63) is 18.0 Å². The van der Waals surface area contributed by atoms with Crippen LogP contribution in [0, 0.1) is 0 Å². The zero-order valence-corrected chi connectivity index (χ0v) is 13.4. The number of nitrogens with one attached hydrogen (secondary N) is 2. The molecule has 122 valence electrons. The van der Waals surface area contributed by atoms with Crippen molar-refractivity contribution in [1.29, 1.82) is 0 Å². The highest BCUT2D eigenvalue weighted by atomic mass is 16.5. The highest BCUT2D eigenvalue weighted by Crippen LogP contribution is 2.30. The van der Waals surface area contributed by atoms with E-state index in [1.165, 1.54) is 0 Å². The molecule has 1 aromatic heterocycles. The predicted molar refractivity (Wildman–Crippen MR) is 83.4 cm³/mol. The van der Waals surface area contributed by atoms with Crippen LogP contribution in [-0.4, -0.2) is 45.9 Å². The third kappa shape index (κ3) is 3.43. The molecule has 6 heteroatoms. The number of hydrogen-bond acceptors (Lipinski definition) is 3. The third-order valence-electron chi connectivity index (χ3n) is 4.69. The molecule has 0 aromatic carbocycles. The summed E-state index contributed by atoms with van der Waals surface area (Å²) in [7, 11) is 0. The van der Waals surface area contributed by atoms with E-state index in [-0.39, 0.29) is 30.3 Å². The summed E-state index contributed by atoms with van der Waals surface area (Å²) in [6.07, 6.45) is 9.16. The van der Waals surface area contributed by atoms with E-state index in [0.29, 0.717) is 0 Å². The second-order valence-electron chi connectivity index (χ2n) is 6.61. The van der Waals surface area contributed by atoms with E-state index in [9.17, 15) is 4.79 Å². The summed E-state index contributed by atoms with van der Waals surface area (Å²) >= 11 is 0. The molecule has 2 saturated heterocycles. The van der Waals surface area contributed by atoms with Crippen molar-refractivity contribution in [3.63, 3.8) is 0 Å². The van der Waals surface area contributed by atoms with Crippen LogP contribution in [0.15, 0.2) is 12.4 Å². The SMILES string of the molecule is C[C@@H]1CC(NC(=O)N2CCCC[C@H]2c2cn[nH]c2)C[C@H](C)O1. The number of ether oxygens (including phenoxy) is 1. The van der Waals surface area contributed by atoms with Gasteiger partial charge in [0.15, 0.2) is 0 Å². The molecule has 3 heterocycles. The van der Waals surface area contributed by atoms with Gasteiger partial charge in [-0.3, -0.25) is 5.10 Å². The second kappa shape index (κ2) is 6.69. The summed E-state index contributed by atoms with van der Waals surface area (Å²) < 4.78 is 5.75. The Labute approximate surface area is 131 Å². The van der Waals surface area contributed by atoms with Crippen LogP contribution in [0.4, 0.5) is 4.79 Å². The van der Waals surface area contributed by atoms with Crippen LogP contribution in [0.3, 0.4) is 0 Å². The molecule has 2 aliphatic rings. The Morgan fingerprint density at radius 2 is 2.14 bits per heavy atom.